The van der Waals surface area contributed by atoms with Gasteiger partial charge >= 0.3 is 6.09 Å². The molecule has 0 bridgehead atoms. The van der Waals surface area contributed by atoms with Crippen molar-refractivity contribution in [2.45, 2.75) is 38.9 Å². The van der Waals surface area contributed by atoms with Crippen LogP contribution < -0.4 is 5.32 Å². The van der Waals surface area contributed by atoms with E-state index in [1.165, 1.54) is 0 Å². The topological polar surface area (TPSA) is 84.3 Å². The van der Waals surface area contributed by atoms with Crippen LogP contribution in [0.25, 0.3) is 0 Å². The molecule has 0 aliphatic heterocycles. The lowest BCUT2D eigenvalue weighted by Gasteiger charge is -2.21. The molecule has 9 heteroatoms. The van der Waals surface area contributed by atoms with E-state index >= 15 is 0 Å². The summed E-state index contributed by atoms with van der Waals surface area (Å²) in [7, 11) is 0. The number of nitrogens with zero attached hydrogens (tertiary/aromatic N) is 2. The number of alkyl halides is 2. The monoisotopic (exact) mass is 309 g/mol. The highest BCUT2D eigenvalue weighted by Gasteiger charge is 2.28. The molecule has 6 nitrogen and oxygen atoms in total. The van der Waals surface area contributed by atoms with Crippen LogP contribution in [0.5, 0.6) is 0 Å². The molecule has 0 saturated heterocycles. The molecular weight excluding hydrogens is 296 g/mol. The van der Waals surface area contributed by atoms with E-state index in [0.717, 1.165) is 6.33 Å². The van der Waals surface area contributed by atoms with Crippen molar-refractivity contribution in [3.05, 3.63) is 17.0 Å². The van der Waals surface area contributed by atoms with E-state index < -0.39 is 29.8 Å². The number of nitrogens with one attached hydrogen (secondary N) is 1. The summed E-state index contributed by atoms with van der Waals surface area (Å²) in [6, 6.07) is 0. The standard InChI is InChI=1S/C11H14ClF2N3O3/c1-11(2,3)20-10(19)17-9-5(6(18)8(13)14)7(12)15-4-16-9/h4,6,8,18H,1-3H3,(H,15,16,17,19)/t6-/m0/s1. The van der Waals surface area contributed by atoms with E-state index in [-0.39, 0.29) is 11.0 Å². The fourth-order valence-electron chi connectivity index (χ4n) is 1.26. The number of hydrogen-bond donors (Lipinski definition) is 2. The fourth-order valence-corrected chi connectivity index (χ4v) is 1.51. The minimum absolute atomic E-state index is 0.327. The Kier molecular flexibility index (Phi) is 5.18. The van der Waals surface area contributed by atoms with Crippen LogP contribution in [0.1, 0.15) is 32.4 Å². The molecule has 0 saturated carbocycles. The number of aromatic nitrogens is 2. The summed E-state index contributed by atoms with van der Waals surface area (Å²) in [5, 5.41) is 11.2. The minimum atomic E-state index is -3.10. The quantitative estimate of drug-likeness (QED) is 0.839. The van der Waals surface area contributed by atoms with Crippen LogP contribution in [0, 0.1) is 0 Å². The highest BCUT2D eigenvalue weighted by Crippen LogP contribution is 2.31. The molecule has 0 radical (unpaired) electrons. The first-order valence-corrected chi connectivity index (χ1v) is 5.96. The molecule has 1 atom stereocenters. The van der Waals surface area contributed by atoms with Crippen molar-refractivity contribution in [1.82, 2.24) is 9.97 Å². The van der Waals surface area contributed by atoms with Crippen LogP contribution >= 0.6 is 11.6 Å². The SMILES string of the molecule is CC(C)(C)OC(=O)Nc1ncnc(Cl)c1[C@H](O)C(F)F. The van der Waals surface area contributed by atoms with Gasteiger partial charge in [0, 0.05) is 0 Å². The molecule has 0 unspecified atom stereocenters. The zero-order chi connectivity index (χ0) is 15.5. The second-order valence-electron chi connectivity index (χ2n) is 4.83. The predicted octanol–water partition coefficient (Wildman–Crippen LogP) is 2.78. The summed E-state index contributed by atoms with van der Waals surface area (Å²) in [5.74, 6) is -0.327. The summed E-state index contributed by atoms with van der Waals surface area (Å²) in [5.41, 5.74) is -1.24. The van der Waals surface area contributed by atoms with Crippen LogP contribution in [0.3, 0.4) is 0 Å². The number of halogens is 3. The van der Waals surface area contributed by atoms with Crippen LogP contribution in [-0.4, -0.2) is 33.2 Å². The average Bonchev–Trinajstić information content (AvgIpc) is 2.25. The van der Waals surface area contributed by atoms with Crippen molar-refractivity contribution < 1.29 is 23.4 Å². The van der Waals surface area contributed by atoms with Gasteiger partial charge in [0.25, 0.3) is 6.43 Å². The summed E-state index contributed by atoms with van der Waals surface area (Å²) in [6.45, 7) is 4.90. The van der Waals surface area contributed by atoms with E-state index in [2.05, 4.69) is 15.3 Å². The van der Waals surface area contributed by atoms with Gasteiger partial charge in [0.2, 0.25) is 0 Å². The molecule has 20 heavy (non-hydrogen) atoms. The first-order valence-electron chi connectivity index (χ1n) is 5.58. The second-order valence-corrected chi connectivity index (χ2v) is 5.19. The Morgan fingerprint density at radius 3 is 2.55 bits per heavy atom. The molecular formula is C11H14ClF2N3O3. The Labute approximate surface area is 119 Å². The van der Waals surface area contributed by atoms with Gasteiger partial charge in [-0.25, -0.2) is 23.5 Å². The maximum absolute atomic E-state index is 12.6. The van der Waals surface area contributed by atoms with Crippen LogP contribution in [0.2, 0.25) is 5.15 Å². The van der Waals surface area contributed by atoms with Gasteiger partial charge in [-0.3, -0.25) is 5.32 Å². The molecule has 1 rings (SSSR count). The Morgan fingerprint density at radius 1 is 1.45 bits per heavy atom. The van der Waals surface area contributed by atoms with Gasteiger partial charge < -0.3 is 9.84 Å². The molecule has 1 amide bonds. The molecule has 0 fully saturated rings. The Morgan fingerprint density at radius 2 is 2.05 bits per heavy atom. The second kappa shape index (κ2) is 6.27. The van der Waals surface area contributed by atoms with Crippen molar-refractivity contribution in [3.8, 4) is 0 Å². The van der Waals surface area contributed by atoms with E-state index in [9.17, 15) is 18.7 Å². The van der Waals surface area contributed by atoms with E-state index in [1.54, 1.807) is 20.8 Å². The zero-order valence-corrected chi connectivity index (χ0v) is 11.8. The van der Waals surface area contributed by atoms with Gasteiger partial charge in [-0.1, -0.05) is 11.6 Å². The summed E-state index contributed by atoms with van der Waals surface area (Å²) in [4.78, 5) is 18.7. The zero-order valence-electron chi connectivity index (χ0n) is 11.0. The number of carbonyl (C=O) groups excluding carboxylic acids is 1. The minimum Gasteiger partial charge on any atom is -0.444 e. The molecule has 0 aliphatic carbocycles. The molecule has 1 heterocycles. The molecule has 112 valence electrons. The summed E-state index contributed by atoms with van der Waals surface area (Å²) in [6.07, 6.45) is -5.25. The maximum atomic E-state index is 12.6. The number of anilines is 1. The van der Waals surface area contributed by atoms with Crippen LogP contribution in [-0.2, 0) is 4.74 Å². The van der Waals surface area contributed by atoms with Crippen LogP contribution in [0.4, 0.5) is 19.4 Å². The highest BCUT2D eigenvalue weighted by atomic mass is 35.5. The van der Waals surface area contributed by atoms with E-state index in [1.807, 2.05) is 0 Å². The smallest absolute Gasteiger partial charge is 0.413 e. The molecule has 0 aliphatic rings. The lowest BCUT2D eigenvalue weighted by atomic mass is 10.2. The largest absolute Gasteiger partial charge is 0.444 e. The van der Waals surface area contributed by atoms with Gasteiger partial charge in [-0.2, -0.15) is 0 Å². The fraction of sp³-hybridized carbons (Fsp3) is 0.545. The Balaban J connectivity index is 3.01. The highest BCUT2D eigenvalue weighted by molar-refractivity contribution is 6.30. The van der Waals surface area contributed by atoms with Crippen LogP contribution in [0.15, 0.2) is 6.33 Å². The molecule has 2 N–H and O–H groups in total. The number of rotatable bonds is 3. The van der Waals surface area contributed by atoms with Crippen molar-refractivity contribution in [2.75, 3.05) is 5.32 Å². The first-order chi connectivity index (χ1) is 9.11. The maximum Gasteiger partial charge on any atom is 0.413 e. The summed E-state index contributed by atoms with van der Waals surface area (Å²) >= 11 is 5.65. The van der Waals surface area contributed by atoms with E-state index in [0.29, 0.717) is 0 Å². The van der Waals surface area contributed by atoms with Crippen molar-refractivity contribution >= 4 is 23.5 Å². The first kappa shape index (κ1) is 16.5. The van der Waals surface area contributed by atoms with Gasteiger partial charge in [-0.15, -0.1) is 0 Å². The number of aliphatic hydroxyl groups excluding tert-OH is 1. The van der Waals surface area contributed by atoms with Crippen molar-refractivity contribution in [2.24, 2.45) is 0 Å². The molecule has 1 aromatic heterocycles. The predicted molar refractivity (Wildman–Crippen MR) is 67.9 cm³/mol. The average molecular weight is 310 g/mol. The summed E-state index contributed by atoms with van der Waals surface area (Å²) < 4.78 is 30.1. The Bertz CT molecular complexity index is 494. The van der Waals surface area contributed by atoms with Crippen molar-refractivity contribution in [1.29, 1.82) is 0 Å². The third kappa shape index (κ3) is 4.53. The molecule has 1 aromatic rings. The van der Waals surface area contributed by atoms with Crippen molar-refractivity contribution in [3.63, 3.8) is 0 Å². The normalized spacial score (nSPS) is 13.2. The van der Waals surface area contributed by atoms with Gasteiger partial charge in [-0.05, 0) is 20.8 Å². The lowest BCUT2D eigenvalue weighted by molar-refractivity contribution is -0.00574. The number of ether oxygens (including phenoxy) is 1. The number of hydrogen-bond acceptors (Lipinski definition) is 5. The molecule has 0 spiro atoms. The lowest BCUT2D eigenvalue weighted by Crippen LogP contribution is -2.28. The van der Waals surface area contributed by atoms with E-state index in [4.69, 9.17) is 16.3 Å². The third-order valence-electron chi connectivity index (χ3n) is 1.99. The number of amides is 1. The van der Waals surface area contributed by atoms with Gasteiger partial charge in [0.1, 0.15) is 29.0 Å². The third-order valence-corrected chi connectivity index (χ3v) is 2.29. The number of aliphatic hydroxyl groups is 1. The Hall–Kier alpha value is -1.54. The van der Waals surface area contributed by atoms with Gasteiger partial charge in [0.15, 0.2) is 0 Å². The van der Waals surface area contributed by atoms with Gasteiger partial charge in [0.05, 0.1) is 5.56 Å². The number of carbonyl (C=O) groups is 1. The molecule has 0 aromatic carbocycles.